The summed E-state index contributed by atoms with van der Waals surface area (Å²) in [6.45, 7) is 10.1. The van der Waals surface area contributed by atoms with Crippen LogP contribution in [0.3, 0.4) is 0 Å². The number of rotatable bonds is 8. The second-order valence-corrected chi connectivity index (χ2v) is 8.33. The Morgan fingerprint density at radius 1 is 1.03 bits per heavy atom. The van der Waals surface area contributed by atoms with E-state index < -0.39 is 0 Å². The molecule has 0 saturated carbocycles. The molecule has 0 aromatic carbocycles. The van der Waals surface area contributed by atoms with Gasteiger partial charge < -0.3 is 25.2 Å². The van der Waals surface area contributed by atoms with E-state index in [1.54, 1.807) is 23.2 Å². The van der Waals surface area contributed by atoms with Crippen molar-refractivity contribution in [2.45, 2.75) is 6.92 Å². The van der Waals surface area contributed by atoms with Gasteiger partial charge in [-0.25, -0.2) is 4.98 Å². The van der Waals surface area contributed by atoms with Gasteiger partial charge in [-0.05, 0) is 31.2 Å². The highest BCUT2D eigenvalue weighted by Crippen LogP contribution is 2.24. The maximum atomic E-state index is 12.9. The summed E-state index contributed by atoms with van der Waals surface area (Å²) in [6.07, 6.45) is 3.27. The molecule has 2 saturated heterocycles. The Morgan fingerprint density at radius 2 is 1.82 bits per heavy atom. The van der Waals surface area contributed by atoms with Crippen LogP contribution in [-0.4, -0.2) is 104 Å². The van der Waals surface area contributed by atoms with Crippen LogP contribution in [0.5, 0.6) is 0 Å². The molecule has 0 atom stereocenters. The number of aromatic nitrogens is 2. The normalized spacial score (nSPS) is 16.9. The first-order valence-corrected chi connectivity index (χ1v) is 11.9. The number of carbonyl (C=O) groups is 2. The van der Waals surface area contributed by atoms with E-state index in [0.717, 1.165) is 50.9 Å². The van der Waals surface area contributed by atoms with Crippen LogP contribution in [0.15, 0.2) is 36.7 Å². The Balaban J connectivity index is 1.26. The van der Waals surface area contributed by atoms with Crippen LogP contribution in [0.4, 0.5) is 11.5 Å². The predicted octanol–water partition coefficient (Wildman–Crippen LogP) is 0.933. The van der Waals surface area contributed by atoms with Gasteiger partial charge in [-0.15, -0.1) is 0 Å². The standard InChI is InChI=1S/C24H33N7O3/c1-2-25-20-4-3-7-26-22(20)30-10-12-31(13-11-30)24(33)21-6-5-19(18-28-21)23(32)27-8-9-29-14-16-34-17-15-29/h3-7,18,25H,2,8-17H2,1H3,(H,27,32). The number of carbonyl (C=O) groups excluding carboxylic acids is 2. The number of pyridine rings is 2. The van der Waals surface area contributed by atoms with Crippen LogP contribution >= 0.6 is 0 Å². The first-order chi connectivity index (χ1) is 16.7. The van der Waals surface area contributed by atoms with E-state index in [0.29, 0.717) is 44.0 Å². The van der Waals surface area contributed by atoms with Gasteiger partial charge >= 0.3 is 0 Å². The van der Waals surface area contributed by atoms with Crippen molar-refractivity contribution in [3.63, 3.8) is 0 Å². The SMILES string of the molecule is CCNc1cccnc1N1CCN(C(=O)c2ccc(C(=O)NCCN3CCOCC3)cn2)CC1. The molecular formula is C24H33N7O3. The van der Waals surface area contributed by atoms with E-state index in [1.807, 2.05) is 12.1 Å². The van der Waals surface area contributed by atoms with Crippen LogP contribution in [0.25, 0.3) is 0 Å². The molecule has 10 nitrogen and oxygen atoms in total. The number of nitrogens with zero attached hydrogens (tertiary/aromatic N) is 5. The van der Waals surface area contributed by atoms with Crippen molar-refractivity contribution in [1.29, 1.82) is 0 Å². The lowest BCUT2D eigenvalue weighted by Crippen LogP contribution is -2.49. The Kier molecular flexibility index (Phi) is 8.26. The van der Waals surface area contributed by atoms with E-state index >= 15 is 0 Å². The Bertz CT molecular complexity index is 955. The Labute approximate surface area is 200 Å². The van der Waals surface area contributed by atoms with Crippen molar-refractivity contribution in [1.82, 2.24) is 25.1 Å². The Hall–Kier alpha value is -3.24. The smallest absolute Gasteiger partial charge is 0.272 e. The number of amides is 2. The fraction of sp³-hybridized carbons (Fsp3) is 0.500. The lowest BCUT2D eigenvalue weighted by molar-refractivity contribution is 0.0383. The molecule has 182 valence electrons. The third-order valence-corrected chi connectivity index (χ3v) is 6.08. The predicted molar refractivity (Wildman–Crippen MR) is 130 cm³/mol. The summed E-state index contributed by atoms with van der Waals surface area (Å²) in [5.41, 5.74) is 1.81. The quantitative estimate of drug-likeness (QED) is 0.591. The van der Waals surface area contributed by atoms with Gasteiger partial charge in [0.15, 0.2) is 5.82 Å². The molecule has 10 heteroatoms. The second-order valence-electron chi connectivity index (χ2n) is 8.33. The molecular weight excluding hydrogens is 434 g/mol. The van der Waals surface area contributed by atoms with Gasteiger partial charge in [0.25, 0.3) is 11.8 Å². The monoisotopic (exact) mass is 467 g/mol. The van der Waals surface area contributed by atoms with Gasteiger partial charge in [0, 0.05) is 71.3 Å². The summed E-state index contributed by atoms with van der Waals surface area (Å²) in [5, 5.41) is 6.26. The molecule has 2 aliphatic rings. The molecule has 2 N–H and O–H groups in total. The summed E-state index contributed by atoms with van der Waals surface area (Å²) in [7, 11) is 0. The maximum Gasteiger partial charge on any atom is 0.272 e. The van der Waals surface area contributed by atoms with Crippen molar-refractivity contribution < 1.29 is 14.3 Å². The molecule has 0 radical (unpaired) electrons. The van der Waals surface area contributed by atoms with E-state index in [9.17, 15) is 9.59 Å². The molecule has 4 heterocycles. The van der Waals surface area contributed by atoms with Crippen LogP contribution in [0, 0.1) is 0 Å². The number of hydrogen-bond donors (Lipinski definition) is 2. The molecule has 2 aromatic rings. The van der Waals surface area contributed by atoms with Gasteiger partial charge in [0.2, 0.25) is 0 Å². The zero-order valence-corrected chi connectivity index (χ0v) is 19.7. The zero-order chi connectivity index (χ0) is 23.8. The number of ether oxygens (including phenoxy) is 1. The van der Waals surface area contributed by atoms with E-state index in [-0.39, 0.29) is 11.8 Å². The minimum absolute atomic E-state index is 0.119. The third kappa shape index (κ3) is 6.00. The topological polar surface area (TPSA) is 103 Å². The Morgan fingerprint density at radius 3 is 2.53 bits per heavy atom. The highest BCUT2D eigenvalue weighted by Gasteiger charge is 2.25. The largest absolute Gasteiger partial charge is 0.382 e. The average Bonchev–Trinajstić information content (AvgIpc) is 2.89. The van der Waals surface area contributed by atoms with Gasteiger partial charge in [-0.1, -0.05) is 0 Å². The van der Waals surface area contributed by atoms with E-state index in [4.69, 9.17) is 4.74 Å². The summed E-state index contributed by atoms with van der Waals surface area (Å²) in [4.78, 5) is 40.4. The van der Waals surface area contributed by atoms with E-state index in [1.165, 1.54) is 6.20 Å². The van der Waals surface area contributed by atoms with Crippen LogP contribution in [0.1, 0.15) is 27.8 Å². The summed E-state index contributed by atoms with van der Waals surface area (Å²) in [5.74, 6) is 0.616. The van der Waals surface area contributed by atoms with Crippen molar-refractivity contribution in [2.24, 2.45) is 0 Å². The molecule has 0 spiro atoms. The highest BCUT2D eigenvalue weighted by atomic mass is 16.5. The fourth-order valence-electron chi connectivity index (χ4n) is 4.17. The summed E-state index contributed by atoms with van der Waals surface area (Å²) < 4.78 is 5.33. The first kappa shape index (κ1) is 23.9. The molecule has 4 rings (SSSR count). The van der Waals surface area contributed by atoms with Crippen molar-refractivity contribution in [3.8, 4) is 0 Å². The average molecular weight is 468 g/mol. The van der Waals surface area contributed by atoms with Gasteiger partial charge in [0.1, 0.15) is 5.69 Å². The number of anilines is 2. The minimum atomic E-state index is -0.180. The van der Waals surface area contributed by atoms with Crippen LogP contribution in [0.2, 0.25) is 0 Å². The van der Waals surface area contributed by atoms with Crippen LogP contribution in [-0.2, 0) is 4.74 Å². The molecule has 2 aliphatic heterocycles. The van der Waals surface area contributed by atoms with Crippen molar-refractivity contribution >= 4 is 23.3 Å². The third-order valence-electron chi connectivity index (χ3n) is 6.08. The molecule has 2 aromatic heterocycles. The fourth-order valence-corrected chi connectivity index (χ4v) is 4.17. The summed E-state index contributed by atoms with van der Waals surface area (Å²) in [6, 6.07) is 7.24. The molecule has 0 aliphatic carbocycles. The maximum absolute atomic E-state index is 12.9. The van der Waals surface area contributed by atoms with Crippen molar-refractivity contribution in [3.05, 3.63) is 47.9 Å². The van der Waals surface area contributed by atoms with Gasteiger partial charge in [-0.2, -0.15) is 0 Å². The van der Waals surface area contributed by atoms with Crippen LogP contribution < -0.4 is 15.5 Å². The van der Waals surface area contributed by atoms with Gasteiger partial charge in [0.05, 0.1) is 24.5 Å². The number of piperazine rings is 1. The van der Waals surface area contributed by atoms with Gasteiger partial charge in [-0.3, -0.25) is 19.5 Å². The molecule has 0 unspecified atom stereocenters. The zero-order valence-electron chi connectivity index (χ0n) is 19.7. The molecule has 34 heavy (non-hydrogen) atoms. The highest BCUT2D eigenvalue weighted by molar-refractivity contribution is 5.96. The molecule has 0 bridgehead atoms. The lowest BCUT2D eigenvalue weighted by Gasteiger charge is -2.36. The van der Waals surface area contributed by atoms with E-state index in [2.05, 4.69) is 37.3 Å². The molecule has 2 fully saturated rings. The first-order valence-electron chi connectivity index (χ1n) is 11.9. The number of nitrogens with one attached hydrogen (secondary N) is 2. The molecule has 2 amide bonds. The minimum Gasteiger partial charge on any atom is -0.382 e. The van der Waals surface area contributed by atoms with Crippen molar-refractivity contribution in [2.75, 3.05) is 82.3 Å². The lowest BCUT2D eigenvalue weighted by atomic mass is 10.2. The number of hydrogen-bond acceptors (Lipinski definition) is 8. The summed E-state index contributed by atoms with van der Waals surface area (Å²) >= 11 is 0. The number of morpholine rings is 1. The second kappa shape index (κ2) is 11.8.